The Bertz CT molecular complexity index is 1290. The van der Waals surface area contributed by atoms with Crippen LogP contribution in [0, 0.1) is 0 Å². The Kier molecular flexibility index (Phi) is 11.0. The highest BCUT2D eigenvalue weighted by Gasteiger charge is 2.26. The maximum absolute atomic E-state index is 10.9. The lowest BCUT2D eigenvalue weighted by molar-refractivity contribution is -0.136. The number of hydrogen-bond acceptors (Lipinski definition) is 6. The molecule has 0 unspecified atom stereocenters. The molecule has 1 aliphatic rings. The summed E-state index contributed by atoms with van der Waals surface area (Å²) in [6.45, 7) is -0.000325. The minimum absolute atomic E-state index is 0. The van der Waals surface area contributed by atoms with Crippen LogP contribution in [0.2, 0.25) is 0 Å². The van der Waals surface area contributed by atoms with Gasteiger partial charge in [0, 0.05) is 23.8 Å². The van der Waals surface area contributed by atoms with Gasteiger partial charge in [0.2, 0.25) is 0 Å². The van der Waals surface area contributed by atoms with Gasteiger partial charge >= 0.3 is 5.97 Å². The quantitative estimate of drug-likeness (QED) is 0.255. The first-order valence-corrected chi connectivity index (χ1v) is 11.5. The fraction of sp³-hybridized carbons (Fsp3) is 0.269. The van der Waals surface area contributed by atoms with E-state index in [0.717, 1.165) is 59.3 Å². The molecule has 4 N–H and O–H groups in total. The van der Waals surface area contributed by atoms with Gasteiger partial charge in [-0.05, 0) is 55.5 Å². The van der Waals surface area contributed by atoms with Gasteiger partial charge < -0.3 is 25.5 Å². The summed E-state index contributed by atoms with van der Waals surface area (Å²) in [5, 5.41) is 12.9. The fourth-order valence-corrected chi connectivity index (χ4v) is 4.72. The minimum atomic E-state index is -0.824. The second-order valence-electron chi connectivity index (χ2n) is 8.63. The normalized spacial score (nSPS) is 16.6. The molecule has 37 heavy (non-hydrogen) atoms. The minimum Gasteiger partial charge on any atom is -0.480 e. The van der Waals surface area contributed by atoms with Crippen molar-refractivity contribution in [2.75, 3.05) is 12.3 Å². The Morgan fingerprint density at radius 3 is 2.27 bits per heavy atom. The monoisotopic (exact) mass is 565 g/mol. The number of anilines is 1. The Labute approximate surface area is 233 Å². The topological polar surface area (TPSA) is 115 Å². The van der Waals surface area contributed by atoms with Crippen LogP contribution in [0.25, 0.3) is 22.2 Å². The molecule has 5 rings (SSSR count). The van der Waals surface area contributed by atoms with E-state index < -0.39 is 5.97 Å². The second kappa shape index (κ2) is 13.5. The number of aliphatic carboxylic acids is 1. The Hall–Kier alpha value is -3.04. The number of nitrogens with zero attached hydrogens (tertiary/aromatic N) is 3. The number of nitrogen functional groups attached to an aromatic ring is 1. The van der Waals surface area contributed by atoms with Crippen LogP contribution in [-0.2, 0) is 4.79 Å². The van der Waals surface area contributed by atoms with Crippen LogP contribution < -0.4 is 15.8 Å². The summed E-state index contributed by atoms with van der Waals surface area (Å²) in [7, 11) is 0. The van der Waals surface area contributed by atoms with Crippen LogP contribution in [-0.4, -0.2) is 38.2 Å². The molecule has 0 aliphatic heterocycles. The van der Waals surface area contributed by atoms with E-state index >= 15 is 0 Å². The number of ether oxygens (including phenoxy) is 1. The molecular weight excluding hydrogens is 537 g/mol. The average Bonchev–Trinajstić information content (AvgIpc) is 3.25. The van der Waals surface area contributed by atoms with Crippen molar-refractivity contribution >= 4 is 60.0 Å². The molecule has 2 aromatic carbocycles. The predicted octanol–water partition coefficient (Wildman–Crippen LogP) is 5.90. The van der Waals surface area contributed by atoms with Gasteiger partial charge in [-0.15, -0.1) is 37.2 Å². The van der Waals surface area contributed by atoms with Crippen LogP contribution in [0.1, 0.15) is 31.7 Å². The summed E-state index contributed by atoms with van der Waals surface area (Å²) in [5.41, 5.74) is 9.14. The molecule has 0 spiro atoms. The standard InChI is InChI=1S/C26H27N5O3.3ClH/c27-25-24-22(17-6-12-21(13-7-17)34-20-4-2-1-3-5-20)15-31(26(24)30-16-29-25)19-10-8-18(9-11-19)28-14-23(32)33;;;/h1-7,12-13,15-16,18-19,28H,8-11,14H2,(H,32,33)(H2,27,29,30);3*1H/t18-,19+;;;. The lowest BCUT2D eigenvalue weighted by Gasteiger charge is -2.30. The van der Waals surface area contributed by atoms with Crippen molar-refractivity contribution in [3.05, 3.63) is 67.1 Å². The first kappa shape index (κ1) is 30.2. The zero-order valence-electron chi connectivity index (χ0n) is 19.9. The van der Waals surface area contributed by atoms with E-state index in [1.807, 2.05) is 54.6 Å². The van der Waals surface area contributed by atoms with Crippen LogP contribution >= 0.6 is 37.2 Å². The zero-order chi connectivity index (χ0) is 23.5. The number of carbonyl (C=O) groups is 1. The largest absolute Gasteiger partial charge is 0.480 e. The summed E-state index contributed by atoms with van der Waals surface area (Å²) in [6, 6.07) is 18.1. The molecule has 8 nitrogen and oxygen atoms in total. The lowest BCUT2D eigenvalue weighted by atomic mass is 9.91. The Morgan fingerprint density at radius 1 is 0.973 bits per heavy atom. The number of halogens is 3. The van der Waals surface area contributed by atoms with Gasteiger partial charge in [-0.2, -0.15) is 0 Å². The molecule has 0 atom stereocenters. The van der Waals surface area contributed by atoms with Crippen LogP contribution in [0.4, 0.5) is 5.82 Å². The summed E-state index contributed by atoms with van der Waals surface area (Å²) < 4.78 is 8.14. The zero-order valence-corrected chi connectivity index (χ0v) is 22.4. The van der Waals surface area contributed by atoms with Gasteiger partial charge in [0.05, 0.1) is 11.9 Å². The molecule has 198 valence electrons. The van der Waals surface area contributed by atoms with E-state index in [2.05, 4.69) is 26.0 Å². The van der Waals surface area contributed by atoms with Crippen molar-refractivity contribution in [1.29, 1.82) is 0 Å². The Balaban J connectivity index is 0.00000160. The first-order chi connectivity index (χ1) is 16.6. The van der Waals surface area contributed by atoms with Gasteiger partial charge in [0.1, 0.15) is 29.3 Å². The van der Waals surface area contributed by atoms with E-state index in [0.29, 0.717) is 5.82 Å². The maximum atomic E-state index is 10.9. The van der Waals surface area contributed by atoms with Gasteiger partial charge in [-0.1, -0.05) is 30.3 Å². The average molecular weight is 567 g/mol. The number of nitrogens with one attached hydrogen (secondary N) is 1. The number of fused-ring (bicyclic) bond motifs is 1. The number of carboxylic acid groups (broad SMARTS) is 1. The maximum Gasteiger partial charge on any atom is 0.317 e. The molecule has 0 amide bonds. The number of benzene rings is 2. The van der Waals surface area contributed by atoms with Crippen LogP contribution in [0.15, 0.2) is 67.1 Å². The van der Waals surface area contributed by atoms with Crippen molar-refractivity contribution in [3.63, 3.8) is 0 Å². The van der Waals surface area contributed by atoms with Crippen molar-refractivity contribution in [1.82, 2.24) is 19.9 Å². The molecule has 1 saturated carbocycles. The summed E-state index contributed by atoms with van der Waals surface area (Å²) in [5.74, 6) is 1.18. The molecule has 4 aromatic rings. The highest BCUT2D eigenvalue weighted by molar-refractivity contribution is 6.00. The number of aromatic nitrogens is 3. The van der Waals surface area contributed by atoms with E-state index in [4.69, 9.17) is 15.6 Å². The van der Waals surface area contributed by atoms with Gasteiger partial charge in [-0.3, -0.25) is 4.79 Å². The van der Waals surface area contributed by atoms with Gasteiger partial charge in [-0.25, -0.2) is 9.97 Å². The van der Waals surface area contributed by atoms with Crippen LogP contribution in [0.5, 0.6) is 11.5 Å². The van der Waals surface area contributed by atoms with E-state index in [1.165, 1.54) is 6.33 Å². The molecule has 1 aliphatic carbocycles. The van der Waals surface area contributed by atoms with Crippen molar-refractivity contribution in [3.8, 4) is 22.6 Å². The molecule has 11 heteroatoms. The molecule has 0 saturated heterocycles. The number of nitrogens with two attached hydrogens (primary N) is 1. The molecule has 2 aromatic heterocycles. The van der Waals surface area contributed by atoms with Crippen molar-refractivity contribution in [2.24, 2.45) is 0 Å². The molecular formula is C26H30Cl3N5O3. The van der Waals surface area contributed by atoms with Gasteiger partial charge in [0.25, 0.3) is 0 Å². The van der Waals surface area contributed by atoms with Crippen LogP contribution in [0.3, 0.4) is 0 Å². The SMILES string of the molecule is Cl.Cl.Cl.Nc1ncnc2c1c(-c1ccc(Oc3ccccc3)cc1)cn2[C@H]1CC[C@@H](NCC(=O)O)CC1. The third-order valence-electron chi connectivity index (χ3n) is 6.41. The van der Waals surface area contributed by atoms with E-state index in [-0.39, 0.29) is 55.8 Å². The number of carboxylic acids is 1. The van der Waals surface area contributed by atoms with E-state index in [9.17, 15) is 4.79 Å². The highest BCUT2D eigenvalue weighted by atomic mass is 35.5. The number of rotatable bonds is 7. The first-order valence-electron chi connectivity index (χ1n) is 11.5. The Morgan fingerprint density at radius 2 is 1.62 bits per heavy atom. The molecule has 0 radical (unpaired) electrons. The fourth-order valence-electron chi connectivity index (χ4n) is 4.72. The summed E-state index contributed by atoms with van der Waals surface area (Å²) in [6.07, 6.45) is 7.34. The van der Waals surface area contributed by atoms with E-state index in [1.54, 1.807) is 0 Å². The number of hydrogen-bond donors (Lipinski definition) is 3. The second-order valence-corrected chi connectivity index (χ2v) is 8.63. The predicted molar refractivity (Wildman–Crippen MR) is 153 cm³/mol. The lowest BCUT2D eigenvalue weighted by Crippen LogP contribution is -2.36. The molecule has 2 heterocycles. The third-order valence-corrected chi connectivity index (χ3v) is 6.41. The van der Waals surface area contributed by atoms with Crippen molar-refractivity contribution in [2.45, 2.75) is 37.8 Å². The molecule has 0 bridgehead atoms. The molecule has 1 fully saturated rings. The van der Waals surface area contributed by atoms with Gasteiger partial charge in [0.15, 0.2) is 0 Å². The summed E-state index contributed by atoms with van der Waals surface area (Å²) >= 11 is 0. The van der Waals surface area contributed by atoms with Crippen molar-refractivity contribution < 1.29 is 14.6 Å². The summed E-state index contributed by atoms with van der Waals surface area (Å²) in [4.78, 5) is 19.7. The highest BCUT2D eigenvalue weighted by Crippen LogP contribution is 2.38. The number of para-hydroxylation sites is 1. The third kappa shape index (κ3) is 6.84. The smallest absolute Gasteiger partial charge is 0.317 e.